The van der Waals surface area contributed by atoms with Crippen LogP contribution in [0.5, 0.6) is 5.75 Å². The van der Waals surface area contributed by atoms with Gasteiger partial charge in [-0.15, -0.1) is 0 Å². The molecule has 2 atom stereocenters. The molecule has 3 nitrogen and oxygen atoms in total. The number of para-hydroxylation sites is 1. The fourth-order valence-electron chi connectivity index (χ4n) is 2.07. The van der Waals surface area contributed by atoms with Gasteiger partial charge >= 0.3 is 0 Å². The number of hydrogen-bond acceptors (Lipinski definition) is 3. The molecular weight excluding hydrogens is 246 g/mol. The van der Waals surface area contributed by atoms with Gasteiger partial charge in [-0.25, -0.2) is 0 Å². The van der Waals surface area contributed by atoms with E-state index in [-0.39, 0.29) is 17.2 Å². The molecule has 1 aliphatic heterocycles. The molecule has 1 N–H and O–H groups in total. The summed E-state index contributed by atoms with van der Waals surface area (Å²) in [5.74, 6) is 1.00. The van der Waals surface area contributed by atoms with Crippen LogP contribution >= 0.6 is 11.8 Å². The van der Waals surface area contributed by atoms with Gasteiger partial charge in [0.05, 0.1) is 17.9 Å². The number of rotatable bonds is 3. The van der Waals surface area contributed by atoms with E-state index in [0.29, 0.717) is 0 Å². The molecule has 0 aliphatic carbocycles. The molecule has 0 aromatic heterocycles. The van der Waals surface area contributed by atoms with Gasteiger partial charge in [-0.1, -0.05) is 18.2 Å². The van der Waals surface area contributed by atoms with Crippen LogP contribution in [0.4, 0.5) is 0 Å². The van der Waals surface area contributed by atoms with E-state index in [1.807, 2.05) is 37.4 Å². The fraction of sp³-hybridized carbons (Fsp3) is 0.500. The monoisotopic (exact) mass is 265 g/mol. The normalized spacial score (nSPS) is 20.2. The highest BCUT2D eigenvalue weighted by atomic mass is 32.2. The fourth-order valence-corrected chi connectivity index (χ4v) is 2.35. The third kappa shape index (κ3) is 2.99. The van der Waals surface area contributed by atoms with E-state index >= 15 is 0 Å². The summed E-state index contributed by atoms with van der Waals surface area (Å²) >= 11 is 1.56. The molecule has 2 rings (SSSR count). The van der Waals surface area contributed by atoms with Crippen LogP contribution < -0.4 is 10.1 Å². The van der Waals surface area contributed by atoms with Crippen LogP contribution in [-0.2, 0) is 4.79 Å². The van der Waals surface area contributed by atoms with E-state index in [9.17, 15) is 4.79 Å². The predicted molar refractivity (Wildman–Crippen MR) is 75.0 cm³/mol. The lowest BCUT2D eigenvalue weighted by Crippen LogP contribution is -2.34. The summed E-state index contributed by atoms with van der Waals surface area (Å²) in [6.07, 6.45) is 3.85. The SMILES string of the molecule is CS[C@@H](C)C(=O)N[C@H]1CCCOc2ccccc21. The van der Waals surface area contributed by atoms with Crippen molar-refractivity contribution in [3.8, 4) is 5.75 Å². The lowest BCUT2D eigenvalue weighted by molar-refractivity contribution is -0.121. The van der Waals surface area contributed by atoms with Crippen LogP contribution in [0, 0.1) is 0 Å². The largest absolute Gasteiger partial charge is 0.493 e. The Kier molecular flexibility index (Phi) is 4.53. The number of fused-ring (bicyclic) bond motifs is 1. The summed E-state index contributed by atoms with van der Waals surface area (Å²) in [6, 6.07) is 8.04. The van der Waals surface area contributed by atoms with Crippen LogP contribution in [-0.4, -0.2) is 24.0 Å². The standard InChI is InChI=1S/C14H19NO2S/c1-10(18-2)14(16)15-12-7-5-9-17-13-8-4-3-6-11(12)13/h3-4,6,8,10,12H,5,7,9H2,1-2H3,(H,15,16)/t10-,12-/m0/s1. The number of thioether (sulfide) groups is 1. The van der Waals surface area contributed by atoms with E-state index in [2.05, 4.69) is 5.32 Å². The molecule has 1 aromatic carbocycles. The summed E-state index contributed by atoms with van der Waals surface area (Å²) in [7, 11) is 0. The van der Waals surface area contributed by atoms with Crippen LogP contribution in [0.1, 0.15) is 31.4 Å². The number of nitrogens with one attached hydrogen (secondary N) is 1. The Bertz CT molecular complexity index is 422. The quantitative estimate of drug-likeness (QED) is 0.913. The first-order valence-electron chi connectivity index (χ1n) is 6.27. The molecule has 0 radical (unpaired) electrons. The molecular formula is C14H19NO2S. The molecule has 0 spiro atoms. The van der Waals surface area contributed by atoms with Crippen LogP contribution in [0.3, 0.4) is 0 Å². The minimum Gasteiger partial charge on any atom is -0.493 e. The van der Waals surface area contributed by atoms with Crippen LogP contribution in [0.15, 0.2) is 24.3 Å². The summed E-state index contributed by atoms with van der Waals surface area (Å²) in [6.45, 7) is 2.65. The highest BCUT2D eigenvalue weighted by Gasteiger charge is 2.22. The first-order chi connectivity index (χ1) is 8.72. The number of carbonyl (C=O) groups is 1. The first-order valence-corrected chi connectivity index (χ1v) is 7.56. The number of benzene rings is 1. The Labute approximate surface area is 112 Å². The summed E-state index contributed by atoms with van der Waals surface area (Å²) < 4.78 is 5.69. The van der Waals surface area contributed by atoms with Gasteiger partial charge in [-0.05, 0) is 32.1 Å². The topological polar surface area (TPSA) is 38.3 Å². The maximum atomic E-state index is 12.0. The van der Waals surface area contributed by atoms with Crippen molar-refractivity contribution in [2.45, 2.75) is 31.1 Å². The second-order valence-electron chi connectivity index (χ2n) is 4.47. The van der Waals surface area contributed by atoms with Gasteiger partial charge in [0.2, 0.25) is 5.91 Å². The van der Waals surface area contributed by atoms with E-state index in [0.717, 1.165) is 30.8 Å². The Morgan fingerprint density at radius 1 is 1.50 bits per heavy atom. The lowest BCUT2D eigenvalue weighted by atomic mass is 10.0. The summed E-state index contributed by atoms with van der Waals surface area (Å²) in [5, 5.41) is 3.11. The Balaban J connectivity index is 2.15. The second-order valence-corrected chi connectivity index (χ2v) is 5.65. The van der Waals surface area contributed by atoms with Crippen molar-refractivity contribution in [1.82, 2.24) is 5.32 Å². The smallest absolute Gasteiger partial charge is 0.233 e. The van der Waals surface area contributed by atoms with Gasteiger partial charge in [0.15, 0.2) is 0 Å². The Morgan fingerprint density at radius 2 is 2.28 bits per heavy atom. The summed E-state index contributed by atoms with van der Waals surface area (Å²) in [4.78, 5) is 12.0. The average molecular weight is 265 g/mol. The number of ether oxygens (including phenoxy) is 1. The molecule has 0 saturated carbocycles. The predicted octanol–water partition coefficient (Wildman–Crippen LogP) is 2.77. The van der Waals surface area contributed by atoms with Crippen LogP contribution in [0.2, 0.25) is 0 Å². The minimum atomic E-state index is -0.0127. The first kappa shape index (κ1) is 13.3. The van der Waals surface area contributed by atoms with E-state index in [1.165, 1.54) is 0 Å². The highest BCUT2D eigenvalue weighted by Crippen LogP contribution is 2.31. The molecule has 0 bridgehead atoms. The summed E-state index contributed by atoms with van der Waals surface area (Å²) in [5.41, 5.74) is 1.09. The third-order valence-electron chi connectivity index (χ3n) is 3.23. The Morgan fingerprint density at radius 3 is 3.06 bits per heavy atom. The highest BCUT2D eigenvalue weighted by molar-refractivity contribution is 7.99. The molecule has 1 aliphatic rings. The van der Waals surface area contributed by atoms with Gasteiger partial charge in [0.25, 0.3) is 0 Å². The maximum absolute atomic E-state index is 12.0. The van der Waals surface area contributed by atoms with Crippen molar-refractivity contribution in [2.75, 3.05) is 12.9 Å². The van der Waals surface area contributed by atoms with Crippen molar-refractivity contribution in [3.05, 3.63) is 29.8 Å². The van der Waals surface area contributed by atoms with Crippen molar-refractivity contribution in [1.29, 1.82) is 0 Å². The molecule has 1 heterocycles. The molecule has 0 fully saturated rings. The van der Waals surface area contributed by atoms with E-state index in [1.54, 1.807) is 11.8 Å². The minimum absolute atomic E-state index is 0.0127. The Hall–Kier alpha value is -1.16. The number of amides is 1. The maximum Gasteiger partial charge on any atom is 0.233 e. The molecule has 1 aromatic rings. The van der Waals surface area contributed by atoms with E-state index < -0.39 is 0 Å². The third-order valence-corrected chi connectivity index (χ3v) is 4.15. The zero-order valence-corrected chi connectivity index (χ0v) is 11.6. The van der Waals surface area contributed by atoms with Crippen LogP contribution in [0.25, 0.3) is 0 Å². The van der Waals surface area contributed by atoms with Crippen molar-refractivity contribution < 1.29 is 9.53 Å². The molecule has 1 amide bonds. The van der Waals surface area contributed by atoms with E-state index in [4.69, 9.17) is 4.74 Å². The number of carbonyl (C=O) groups excluding carboxylic acids is 1. The van der Waals surface area contributed by atoms with Crippen molar-refractivity contribution in [3.63, 3.8) is 0 Å². The molecule has 0 unspecified atom stereocenters. The molecule has 4 heteroatoms. The van der Waals surface area contributed by atoms with Crippen molar-refractivity contribution in [2.24, 2.45) is 0 Å². The lowest BCUT2D eigenvalue weighted by Gasteiger charge is -2.20. The second kappa shape index (κ2) is 6.14. The number of hydrogen-bond donors (Lipinski definition) is 1. The van der Waals surface area contributed by atoms with Gasteiger partial charge in [-0.3, -0.25) is 4.79 Å². The van der Waals surface area contributed by atoms with Gasteiger partial charge in [0, 0.05) is 5.56 Å². The zero-order chi connectivity index (χ0) is 13.0. The molecule has 0 saturated heterocycles. The van der Waals surface area contributed by atoms with Crippen molar-refractivity contribution >= 4 is 17.7 Å². The molecule has 18 heavy (non-hydrogen) atoms. The zero-order valence-electron chi connectivity index (χ0n) is 10.8. The average Bonchev–Trinajstić information content (AvgIpc) is 2.60. The van der Waals surface area contributed by atoms with Gasteiger partial charge in [0.1, 0.15) is 5.75 Å². The van der Waals surface area contributed by atoms with Gasteiger partial charge in [-0.2, -0.15) is 11.8 Å². The van der Waals surface area contributed by atoms with Gasteiger partial charge < -0.3 is 10.1 Å². The molecule has 98 valence electrons.